The molecule has 1 unspecified atom stereocenters. The molecule has 1 atom stereocenters. The van der Waals surface area contributed by atoms with E-state index >= 15 is 0 Å². The van der Waals surface area contributed by atoms with Gasteiger partial charge in [0, 0.05) is 18.4 Å². The molecule has 138 valence electrons. The molecule has 0 bridgehead atoms. The Morgan fingerprint density at radius 3 is 2.89 bits per heavy atom. The van der Waals surface area contributed by atoms with Gasteiger partial charge in [-0.25, -0.2) is 4.98 Å². The Morgan fingerprint density at radius 2 is 2.15 bits per heavy atom. The first-order valence-corrected chi connectivity index (χ1v) is 9.37. The molecule has 2 aliphatic rings. The molecule has 5 rings (SSSR count). The fourth-order valence-electron chi connectivity index (χ4n) is 3.78. The molecular formula is C20H20N4O3. The summed E-state index contributed by atoms with van der Waals surface area (Å²) in [5.74, 6) is 2.32. The summed E-state index contributed by atoms with van der Waals surface area (Å²) in [6.07, 6.45) is 6.73. The highest BCUT2D eigenvalue weighted by atomic mass is 16.5. The van der Waals surface area contributed by atoms with Crippen LogP contribution in [0.25, 0.3) is 11.4 Å². The van der Waals surface area contributed by atoms with E-state index in [1.165, 1.54) is 18.2 Å². The van der Waals surface area contributed by atoms with E-state index in [4.69, 9.17) is 8.94 Å². The third kappa shape index (κ3) is 2.93. The minimum absolute atomic E-state index is 0.0252. The third-order valence-corrected chi connectivity index (χ3v) is 5.53. The number of rotatable bonds is 4. The van der Waals surface area contributed by atoms with Crippen LogP contribution in [-0.4, -0.2) is 21.0 Å². The first-order valence-electron chi connectivity index (χ1n) is 9.37. The molecule has 0 spiro atoms. The van der Waals surface area contributed by atoms with Gasteiger partial charge in [-0.15, -0.1) is 0 Å². The van der Waals surface area contributed by atoms with Crippen LogP contribution in [-0.2, 0) is 6.42 Å². The van der Waals surface area contributed by atoms with Gasteiger partial charge in [0.2, 0.25) is 17.5 Å². The van der Waals surface area contributed by atoms with Crippen molar-refractivity contribution in [2.45, 2.75) is 51.0 Å². The van der Waals surface area contributed by atoms with Crippen molar-refractivity contribution in [3.63, 3.8) is 0 Å². The highest BCUT2D eigenvalue weighted by Gasteiger charge is 2.28. The number of aryl methyl sites for hydroxylation is 2. The van der Waals surface area contributed by atoms with Gasteiger partial charge in [0.25, 0.3) is 5.91 Å². The molecule has 27 heavy (non-hydrogen) atoms. The normalized spacial score (nSPS) is 18.9. The van der Waals surface area contributed by atoms with Crippen LogP contribution >= 0.6 is 0 Å². The topological polar surface area (TPSA) is 94.1 Å². The predicted molar refractivity (Wildman–Crippen MR) is 96.1 cm³/mol. The van der Waals surface area contributed by atoms with E-state index in [1.54, 1.807) is 6.92 Å². The molecule has 2 heterocycles. The second-order valence-corrected chi connectivity index (χ2v) is 7.31. The summed E-state index contributed by atoms with van der Waals surface area (Å²) in [6, 6.07) is 6.13. The van der Waals surface area contributed by atoms with Gasteiger partial charge in [-0.2, -0.15) is 4.98 Å². The molecule has 1 aromatic carbocycles. The van der Waals surface area contributed by atoms with Crippen LogP contribution in [0.15, 0.2) is 33.3 Å². The third-order valence-electron chi connectivity index (χ3n) is 5.53. The van der Waals surface area contributed by atoms with Crippen molar-refractivity contribution in [3.05, 3.63) is 53.1 Å². The number of oxazole rings is 1. The minimum Gasteiger partial charge on any atom is -0.436 e. The average Bonchev–Trinajstić information content (AvgIpc) is 3.34. The number of benzene rings is 1. The molecule has 1 amide bonds. The van der Waals surface area contributed by atoms with Crippen LogP contribution in [0, 0.1) is 6.92 Å². The number of nitrogens with one attached hydrogen (secondary N) is 1. The maximum atomic E-state index is 12.3. The average molecular weight is 364 g/mol. The molecule has 7 nitrogen and oxygen atoms in total. The van der Waals surface area contributed by atoms with Gasteiger partial charge in [0.1, 0.15) is 0 Å². The summed E-state index contributed by atoms with van der Waals surface area (Å²) in [6.45, 7) is 1.72. The number of aromatic nitrogens is 3. The van der Waals surface area contributed by atoms with Crippen molar-refractivity contribution in [1.82, 2.24) is 20.4 Å². The number of fused-ring (bicyclic) bond motifs is 1. The van der Waals surface area contributed by atoms with E-state index in [9.17, 15) is 4.79 Å². The summed E-state index contributed by atoms with van der Waals surface area (Å²) in [5, 5.41) is 7.18. The van der Waals surface area contributed by atoms with Crippen molar-refractivity contribution in [2.75, 3.05) is 0 Å². The lowest BCUT2D eigenvalue weighted by Gasteiger charge is -2.20. The molecule has 7 heteroatoms. The second-order valence-electron chi connectivity index (χ2n) is 7.31. The first-order chi connectivity index (χ1) is 13.2. The lowest BCUT2D eigenvalue weighted by molar-refractivity contribution is 0.0907. The zero-order valence-corrected chi connectivity index (χ0v) is 15.1. The predicted octanol–water partition coefficient (Wildman–Crippen LogP) is 3.72. The second kappa shape index (κ2) is 6.33. The largest absolute Gasteiger partial charge is 0.436 e. The molecule has 0 saturated heterocycles. The van der Waals surface area contributed by atoms with Crippen LogP contribution < -0.4 is 5.32 Å². The number of hydrogen-bond acceptors (Lipinski definition) is 6. The number of hydrogen-bond donors (Lipinski definition) is 1. The van der Waals surface area contributed by atoms with E-state index in [0.29, 0.717) is 17.6 Å². The number of carbonyl (C=O) groups excluding carboxylic acids is 1. The summed E-state index contributed by atoms with van der Waals surface area (Å²) >= 11 is 0. The summed E-state index contributed by atoms with van der Waals surface area (Å²) in [4.78, 5) is 20.9. The Kier molecular flexibility index (Phi) is 3.81. The molecule has 1 fully saturated rings. The van der Waals surface area contributed by atoms with Gasteiger partial charge in [-0.1, -0.05) is 23.7 Å². The number of carbonyl (C=O) groups is 1. The van der Waals surface area contributed by atoms with E-state index in [2.05, 4.69) is 26.5 Å². The monoisotopic (exact) mass is 364 g/mol. The molecule has 0 radical (unpaired) electrons. The van der Waals surface area contributed by atoms with Crippen LogP contribution in [0.1, 0.15) is 71.1 Å². The zero-order valence-electron chi connectivity index (χ0n) is 15.1. The fraction of sp³-hybridized carbons (Fsp3) is 0.400. The molecule has 1 N–H and O–H groups in total. The Balaban J connectivity index is 1.34. The lowest BCUT2D eigenvalue weighted by Crippen LogP contribution is -2.26. The molecule has 3 aromatic rings. The van der Waals surface area contributed by atoms with Crippen LogP contribution in [0.2, 0.25) is 0 Å². The maximum absolute atomic E-state index is 12.3. The van der Waals surface area contributed by atoms with Crippen LogP contribution in [0.3, 0.4) is 0 Å². The molecular weight excluding hydrogens is 344 g/mol. The molecule has 1 saturated carbocycles. The van der Waals surface area contributed by atoms with Gasteiger partial charge in [0.05, 0.1) is 12.2 Å². The van der Waals surface area contributed by atoms with Crippen molar-refractivity contribution in [1.29, 1.82) is 0 Å². The Bertz CT molecular complexity index is 1000. The van der Waals surface area contributed by atoms with Crippen LogP contribution in [0.4, 0.5) is 0 Å². The van der Waals surface area contributed by atoms with Gasteiger partial charge in [0.15, 0.2) is 5.89 Å². The van der Waals surface area contributed by atoms with Crippen molar-refractivity contribution >= 4 is 5.91 Å². The summed E-state index contributed by atoms with van der Waals surface area (Å²) in [5.41, 5.74) is 3.30. The Morgan fingerprint density at radius 1 is 1.26 bits per heavy atom. The van der Waals surface area contributed by atoms with Crippen molar-refractivity contribution < 1.29 is 13.7 Å². The van der Waals surface area contributed by atoms with E-state index < -0.39 is 0 Å². The van der Waals surface area contributed by atoms with E-state index in [0.717, 1.165) is 42.7 Å². The Hall–Kier alpha value is -2.96. The standard InChI is InChI=1S/C20H20N4O3/c1-11-21-10-17(26-11)19(25)22-16-8-6-13-9-14(5-7-15(13)16)18-23-20(27-24-18)12-3-2-4-12/h5,7,9-10,12,16H,2-4,6,8H2,1H3,(H,22,25). The quantitative estimate of drug-likeness (QED) is 0.758. The van der Waals surface area contributed by atoms with Crippen molar-refractivity contribution in [2.24, 2.45) is 0 Å². The highest BCUT2D eigenvalue weighted by molar-refractivity contribution is 5.91. The minimum atomic E-state index is -0.235. The highest BCUT2D eigenvalue weighted by Crippen LogP contribution is 2.37. The zero-order chi connectivity index (χ0) is 18.4. The van der Waals surface area contributed by atoms with Gasteiger partial charge < -0.3 is 14.3 Å². The van der Waals surface area contributed by atoms with Gasteiger partial charge >= 0.3 is 0 Å². The van der Waals surface area contributed by atoms with E-state index in [1.807, 2.05) is 12.1 Å². The van der Waals surface area contributed by atoms with E-state index in [-0.39, 0.29) is 17.7 Å². The molecule has 0 aliphatic heterocycles. The smallest absolute Gasteiger partial charge is 0.289 e. The van der Waals surface area contributed by atoms with Crippen molar-refractivity contribution in [3.8, 4) is 11.4 Å². The fourth-order valence-corrected chi connectivity index (χ4v) is 3.78. The number of nitrogens with zero attached hydrogens (tertiary/aromatic N) is 3. The summed E-state index contributed by atoms with van der Waals surface area (Å²) in [7, 11) is 0. The van der Waals surface area contributed by atoms with Gasteiger partial charge in [-0.05, 0) is 42.9 Å². The van der Waals surface area contributed by atoms with Gasteiger partial charge in [-0.3, -0.25) is 4.79 Å². The molecule has 2 aromatic heterocycles. The first kappa shape index (κ1) is 16.2. The summed E-state index contributed by atoms with van der Waals surface area (Å²) < 4.78 is 10.7. The number of amides is 1. The van der Waals surface area contributed by atoms with Crippen LogP contribution in [0.5, 0.6) is 0 Å². The SMILES string of the molecule is Cc1ncc(C(=O)NC2CCc3cc(-c4noc(C5CCC5)n4)ccc32)o1. The maximum Gasteiger partial charge on any atom is 0.289 e. The molecule has 2 aliphatic carbocycles. The Labute approximate surface area is 156 Å². The lowest BCUT2D eigenvalue weighted by atomic mass is 9.85.